The molecule has 0 saturated carbocycles. The summed E-state index contributed by atoms with van der Waals surface area (Å²) >= 11 is 1.53. The highest BCUT2D eigenvalue weighted by Gasteiger charge is 2.10. The van der Waals surface area contributed by atoms with E-state index in [-0.39, 0.29) is 0 Å². The zero-order valence-electron chi connectivity index (χ0n) is 6.90. The van der Waals surface area contributed by atoms with Crippen molar-refractivity contribution in [3.8, 4) is 0 Å². The number of aromatic amines is 1. The molecule has 2 heterocycles. The van der Waals surface area contributed by atoms with Gasteiger partial charge in [0.1, 0.15) is 17.2 Å². The second-order valence-electron chi connectivity index (χ2n) is 2.32. The number of anilines is 1. The fourth-order valence-corrected chi connectivity index (χ4v) is 1.64. The van der Waals surface area contributed by atoms with Crippen LogP contribution in [0.2, 0.25) is 0 Å². The molecule has 0 aliphatic carbocycles. The molecule has 2 aromatic heterocycles. The molecule has 0 fully saturated rings. The SMILES string of the molecule is CSc1ncnc2n[nH]c(NN)c12. The lowest BCUT2D eigenvalue weighted by Crippen LogP contribution is -2.07. The van der Waals surface area contributed by atoms with Gasteiger partial charge in [-0.05, 0) is 6.26 Å². The zero-order valence-corrected chi connectivity index (χ0v) is 7.72. The number of thioether (sulfide) groups is 1. The highest BCUT2D eigenvalue weighted by atomic mass is 32.2. The Hall–Kier alpha value is -1.34. The molecule has 0 bridgehead atoms. The first-order valence-electron chi connectivity index (χ1n) is 3.56. The highest BCUT2D eigenvalue weighted by molar-refractivity contribution is 7.98. The predicted octanol–water partition coefficient (Wildman–Crippen LogP) is 0.360. The number of hydrogen-bond acceptors (Lipinski definition) is 6. The molecule has 0 aromatic carbocycles. The van der Waals surface area contributed by atoms with Crippen LogP contribution in [0.15, 0.2) is 11.4 Å². The Morgan fingerprint density at radius 1 is 1.54 bits per heavy atom. The molecule has 0 amide bonds. The molecule has 2 aromatic rings. The van der Waals surface area contributed by atoms with Crippen molar-refractivity contribution in [3.05, 3.63) is 6.33 Å². The summed E-state index contributed by atoms with van der Waals surface area (Å²) in [7, 11) is 0. The highest BCUT2D eigenvalue weighted by Crippen LogP contribution is 2.26. The second-order valence-corrected chi connectivity index (χ2v) is 3.12. The first kappa shape index (κ1) is 8.27. The average molecular weight is 196 g/mol. The Balaban J connectivity index is 2.76. The van der Waals surface area contributed by atoms with Gasteiger partial charge in [0.15, 0.2) is 5.65 Å². The largest absolute Gasteiger partial charge is 0.308 e. The van der Waals surface area contributed by atoms with Crippen LogP contribution in [-0.2, 0) is 0 Å². The number of nitrogen functional groups attached to an aromatic ring is 1. The van der Waals surface area contributed by atoms with Gasteiger partial charge in [-0.15, -0.1) is 11.8 Å². The minimum Gasteiger partial charge on any atom is -0.308 e. The minimum atomic E-state index is 0.618. The summed E-state index contributed by atoms with van der Waals surface area (Å²) in [5.41, 5.74) is 3.13. The molecule has 2 rings (SSSR count). The van der Waals surface area contributed by atoms with Gasteiger partial charge in [-0.3, -0.25) is 5.10 Å². The van der Waals surface area contributed by atoms with Crippen molar-refractivity contribution in [2.24, 2.45) is 5.84 Å². The van der Waals surface area contributed by atoms with Crippen molar-refractivity contribution in [2.45, 2.75) is 5.03 Å². The summed E-state index contributed by atoms with van der Waals surface area (Å²) in [4.78, 5) is 8.10. The maximum absolute atomic E-state index is 5.30. The number of aromatic nitrogens is 4. The molecule has 4 N–H and O–H groups in total. The molecule has 13 heavy (non-hydrogen) atoms. The van der Waals surface area contributed by atoms with E-state index < -0.39 is 0 Å². The van der Waals surface area contributed by atoms with Gasteiger partial charge in [-0.1, -0.05) is 0 Å². The summed E-state index contributed by atoms with van der Waals surface area (Å²) < 4.78 is 0. The molecule has 0 atom stereocenters. The smallest absolute Gasteiger partial charge is 0.187 e. The number of H-pyrrole nitrogens is 1. The Morgan fingerprint density at radius 3 is 3.08 bits per heavy atom. The Morgan fingerprint density at radius 2 is 2.38 bits per heavy atom. The summed E-state index contributed by atoms with van der Waals surface area (Å²) in [5, 5.41) is 8.39. The maximum atomic E-state index is 5.30. The Labute approximate surface area is 78.3 Å². The maximum Gasteiger partial charge on any atom is 0.187 e. The standard InChI is InChI=1S/C6H8N6S/c1-13-6-3-4(8-2-9-6)11-12-5(3)10-7/h2H,7H2,1H3,(H2,8,9,10,11,12). The molecule has 0 saturated heterocycles. The van der Waals surface area contributed by atoms with E-state index in [0.717, 1.165) is 10.4 Å². The van der Waals surface area contributed by atoms with Crippen LogP contribution < -0.4 is 11.3 Å². The van der Waals surface area contributed by atoms with E-state index in [9.17, 15) is 0 Å². The number of nitrogens with one attached hydrogen (secondary N) is 2. The summed E-state index contributed by atoms with van der Waals surface area (Å²) in [6, 6.07) is 0. The fourth-order valence-electron chi connectivity index (χ4n) is 1.09. The molecular formula is C6H8N6S. The van der Waals surface area contributed by atoms with Gasteiger partial charge in [-0.2, -0.15) is 5.10 Å². The number of hydrogen-bond donors (Lipinski definition) is 3. The third-order valence-corrected chi connectivity index (χ3v) is 2.35. The third-order valence-electron chi connectivity index (χ3n) is 1.65. The van der Waals surface area contributed by atoms with Crippen LogP contribution in [0.25, 0.3) is 11.0 Å². The molecule has 0 aliphatic heterocycles. The van der Waals surface area contributed by atoms with Crippen LogP contribution >= 0.6 is 11.8 Å². The van der Waals surface area contributed by atoms with Crippen molar-refractivity contribution in [3.63, 3.8) is 0 Å². The third kappa shape index (κ3) is 1.21. The monoisotopic (exact) mass is 196 g/mol. The summed E-state index contributed by atoms with van der Waals surface area (Å²) in [6.45, 7) is 0. The number of hydrazine groups is 1. The number of rotatable bonds is 2. The lowest BCUT2D eigenvalue weighted by molar-refractivity contribution is 1.06. The van der Waals surface area contributed by atoms with E-state index in [1.54, 1.807) is 0 Å². The molecule has 0 spiro atoms. The van der Waals surface area contributed by atoms with Gasteiger partial charge in [0.2, 0.25) is 0 Å². The lowest BCUT2D eigenvalue weighted by Gasteiger charge is -1.98. The van der Waals surface area contributed by atoms with Gasteiger partial charge in [0, 0.05) is 0 Å². The number of nitrogens with two attached hydrogens (primary N) is 1. The van der Waals surface area contributed by atoms with Gasteiger partial charge >= 0.3 is 0 Å². The van der Waals surface area contributed by atoms with Crippen LogP contribution in [-0.4, -0.2) is 26.4 Å². The van der Waals surface area contributed by atoms with Gasteiger partial charge in [-0.25, -0.2) is 15.8 Å². The molecule has 6 nitrogen and oxygen atoms in total. The molecule has 68 valence electrons. The van der Waals surface area contributed by atoms with Crippen molar-refractivity contribution < 1.29 is 0 Å². The second kappa shape index (κ2) is 3.19. The van der Waals surface area contributed by atoms with E-state index in [4.69, 9.17) is 5.84 Å². The first-order valence-corrected chi connectivity index (χ1v) is 4.79. The minimum absolute atomic E-state index is 0.618. The van der Waals surface area contributed by atoms with Crippen LogP contribution in [0.5, 0.6) is 0 Å². The average Bonchev–Trinajstić information content (AvgIpc) is 2.60. The molecule has 0 radical (unpaired) electrons. The molecule has 0 aliphatic rings. The summed E-state index contributed by atoms with van der Waals surface area (Å²) in [5.74, 6) is 5.94. The lowest BCUT2D eigenvalue weighted by atomic mass is 10.4. The molecular weight excluding hydrogens is 188 g/mol. The van der Waals surface area contributed by atoms with Crippen molar-refractivity contribution >= 4 is 28.6 Å². The van der Waals surface area contributed by atoms with Crippen LogP contribution in [0.1, 0.15) is 0 Å². The van der Waals surface area contributed by atoms with E-state index in [1.165, 1.54) is 18.1 Å². The Kier molecular flexibility index (Phi) is 2.03. The van der Waals surface area contributed by atoms with Gasteiger partial charge in [0.25, 0.3) is 0 Å². The molecule has 7 heteroatoms. The normalized spacial score (nSPS) is 10.6. The van der Waals surface area contributed by atoms with E-state index in [1.807, 2.05) is 6.26 Å². The van der Waals surface area contributed by atoms with Crippen LogP contribution in [0, 0.1) is 0 Å². The van der Waals surface area contributed by atoms with Crippen molar-refractivity contribution in [1.29, 1.82) is 0 Å². The quantitative estimate of drug-likeness (QED) is 0.278. The van der Waals surface area contributed by atoms with Crippen LogP contribution in [0.3, 0.4) is 0 Å². The van der Waals surface area contributed by atoms with Crippen LogP contribution in [0.4, 0.5) is 5.82 Å². The van der Waals surface area contributed by atoms with E-state index in [0.29, 0.717) is 11.5 Å². The predicted molar refractivity (Wildman–Crippen MR) is 51.3 cm³/mol. The van der Waals surface area contributed by atoms with Gasteiger partial charge < -0.3 is 5.43 Å². The zero-order chi connectivity index (χ0) is 9.26. The number of nitrogens with zero attached hydrogens (tertiary/aromatic N) is 3. The van der Waals surface area contributed by atoms with Crippen molar-refractivity contribution in [1.82, 2.24) is 20.2 Å². The van der Waals surface area contributed by atoms with Crippen molar-refractivity contribution in [2.75, 3.05) is 11.7 Å². The fraction of sp³-hybridized carbons (Fsp3) is 0.167. The topological polar surface area (TPSA) is 92.5 Å². The molecule has 0 unspecified atom stereocenters. The summed E-state index contributed by atoms with van der Waals surface area (Å²) in [6.07, 6.45) is 3.42. The van der Waals surface area contributed by atoms with Gasteiger partial charge in [0.05, 0.1) is 5.39 Å². The van der Waals surface area contributed by atoms with E-state index >= 15 is 0 Å². The Bertz CT molecular complexity index is 424. The van der Waals surface area contributed by atoms with E-state index in [2.05, 4.69) is 25.6 Å². The first-order chi connectivity index (χ1) is 6.36. The number of fused-ring (bicyclic) bond motifs is 1.